The Balaban J connectivity index is 2.02. The molecule has 8 nitrogen and oxygen atoms in total. The molecule has 0 aliphatic heterocycles. The molecule has 0 aliphatic carbocycles. The molecule has 9 heteroatoms. The van der Waals surface area contributed by atoms with E-state index in [1.165, 1.54) is 12.8 Å². The summed E-state index contributed by atoms with van der Waals surface area (Å²) >= 11 is 2.13. The molecule has 36 heavy (non-hydrogen) atoms. The number of carbonyl (C=O) groups excluding carboxylic acids is 1. The van der Waals surface area contributed by atoms with Crippen LogP contribution < -0.4 is 5.32 Å². The summed E-state index contributed by atoms with van der Waals surface area (Å²) in [6, 6.07) is 5.18. The number of nitrogens with one attached hydrogen (secondary N) is 1. The monoisotopic (exact) mass is 608 g/mol. The van der Waals surface area contributed by atoms with Gasteiger partial charge in [-0.05, 0) is 78.8 Å². The highest BCUT2D eigenvalue weighted by Gasteiger charge is 2.10. The second-order valence-electron chi connectivity index (χ2n) is 8.39. The third-order valence-corrected chi connectivity index (χ3v) is 6.02. The van der Waals surface area contributed by atoms with E-state index < -0.39 is 12.1 Å². The molecule has 0 fully saturated rings. The fourth-order valence-corrected chi connectivity index (χ4v) is 3.91. The lowest BCUT2D eigenvalue weighted by molar-refractivity contribution is -0.137. The summed E-state index contributed by atoms with van der Waals surface area (Å²) in [5.74, 6) is -1.04. The van der Waals surface area contributed by atoms with Gasteiger partial charge in [-0.3, -0.25) is 9.59 Å². The third kappa shape index (κ3) is 16.1. The topological polar surface area (TPSA) is 135 Å². The van der Waals surface area contributed by atoms with Crippen molar-refractivity contribution in [2.45, 2.75) is 76.7 Å². The lowest BCUT2D eigenvalue weighted by Crippen LogP contribution is -2.24. The van der Waals surface area contributed by atoms with Crippen LogP contribution >= 0.6 is 22.6 Å². The molecule has 0 bridgehead atoms. The maximum Gasteiger partial charge on any atom is 0.303 e. The summed E-state index contributed by atoms with van der Waals surface area (Å²) in [6.45, 7) is 0.606. The number of unbranched alkanes of at least 4 members (excludes halogenated alkanes) is 6. The van der Waals surface area contributed by atoms with Crippen LogP contribution in [0.15, 0.2) is 59.8 Å². The van der Waals surface area contributed by atoms with Gasteiger partial charge in [0, 0.05) is 27.0 Å². The van der Waals surface area contributed by atoms with Gasteiger partial charge in [-0.2, -0.15) is 0 Å². The zero-order valence-electron chi connectivity index (χ0n) is 20.7. The maximum atomic E-state index is 12.4. The molecule has 1 amide bonds. The number of carbonyl (C=O) groups is 2. The summed E-state index contributed by atoms with van der Waals surface area (Å²) in [5.41, 5.74) is 9.41. The lowest BCUT2D eigenvalue weighted by atomic mass is 10.1. The highest BCUT2D eigenvalue weighted by atomic mass is 127. The number of hydrogen-bond donors (Lipinski definition) is 3. The Kier molecular flexibility index (Phi) is 17.9. The van der Waals surface area contributed by atoms with Crippen LogP contribution in [0, 0.1) is 3.57 Å². The Morgan fingerprint density at radius 3 is 2.56 bits per heavy atom. The molecule has 3 N–H and O–H groups in total. The van der Waals surface area contributed by atoms with Crippen LogP contribution in [-0.4, -0.2) is 34.7 Å². The zero-order chi connectivity index (χ0) is 26.4. The van der Waals surface area contributed by atoms with Crippen molar-refractivity contribution in [3.63, 3.8) is 0 Å². The average Bonchev–Trinajstić information content (AvgIpc) is 2.84. The third-order valence-electron chi connectivity index (χ3n) is 5.35. The number of nitrogens with zero attached hydrogens (tertiary/aromatic N) is 3. The van der Waals surface area contributed by atoms with Gasteiger partial charge < -0.3 is 15.5 Å². The van der Waals surface area contributed by atoms with E-state index in [9.17, 15) is 14.7 Å². The van der Waals surface area contributed by atoms with Gasteiger partial charge in [0.15, 0.2) is 0 Å². The van der Waals surface area contributed by atoms with E-state index in [1.54, 1.807) is 30.4 Å². The molecule has 0 aliphatic rings. The molecule has 0 aromatic heterocycles. The number of azide groups is 1. The molecule has 0 radical (unpaired) electrons. The number of amides is 1. The van der Waals surface area contributed by atoms with Crippen molar-refractivity contribution in [3.05, 3.63) is 74.2 Å². The Bertz CT molecular complexity index is 940. The molecule has 196 valence electrons. The Labute approximate surface area is 227 Å². The molecular formula is C27H37IN4O4. The van der Waals surface area contributed by atoms with Gasteiger partial charge in [-0.15, -0.1) is 0 Å². The van der Waals surface area contributed by atoms with Crippen LogP contribution in [0.4, 0.5) is 5.69 Å². The van der Waals surface area contributed by atoms with E-state index >= 15 is 0 Å². The quantitative estimate of drug-likeness (QED) is 0.0287. The highest BCUT2D eigenvalue weighted by molar-refractivity contribution is 14.1. The maximum absolute atomic E-state index is 12.4. The van der Waals surface area contributed by atoms with E-state index in [1.807, 2.05) is 12.2 Å². The molecule has 1 atom stereocenters. The van der Waals surface area contributed by atoms with E-state index in [4.69, 9.17) is 10.6 Å². The van der Waals surface area contributed by atoms with Gasteiger partial charge in [0.25, 0.3) is 5.91 Å². The largest absolute Gasteiger partial charge is 0.481 e. The van der Waals surface area contributed by atoms with Crippen molar-refractivity contribution in [1.82, 2.24) is 5.32 Å². The van der Waals surface area contributed by atoms with Gasteiger partial charge in [-0.1, -0.05) is 73.3 Å². The van der Waals surface area contributed by atoms with Crippen molar-refractivity contribution in [2.75, 3.05) is 6.54 Å². The first-order valence-electron chi connectivity index (χ1n) is 12.4. The number of hydrogen-bond acceptors (Lipinski definition) is 4. The molecule has 1 aromatic carbocycles. The Hall–Kier alpha value is -2.62. The average molecular weight is 609 g/mol. The van der Waals surface area contributed by atoms with Crippen LogP contribution in [0.5, 0.6) is 0 Å². The Morgan fingerprint density at radius 2 is 1.81 bits per heavy atom. The highest BCUT2D eigenvalue weighted by Crippen LogP contribution is 2.22. The summed E-state index contributed by atoms with van der Waals surface area (Å²) in [7, 11) is 0. The predicted octanol–water partition coefficient (Wildman–Crippen LogP) is 7.37. The lowest BCUT2D eigenvalue weighted by Gasteiger charge is -2.08. The van der Waals surface area contributed by atoms with Crippen LogP contribution in [-0.2, 0) is 4.79 Å². The minimum atomic E-state index is -0.834. The van der Waals surface area contributed by atoms with Crippen molar-refractivity contribution < 1.29 is 19.8 Å². The van der Waals surface area contributed by atoms with Crippen LogP contribution in [0.2, 0.25) is 0 Å². The van der Waals surface area contributed by atoms with Crippen molar-refractivity contribution in [2.24, 2.45) is 5.11 Å². The number of halogens is 1. The fraction of sp³-hybridized carbons (Fsp3) is 0.481. The van der Waals surface area contributed by atoms with E-state index in [0.29, 0.717) is 30.6 Å². The number of allylic oxidation sites excluding steroid dienone is 5. The van der Waals surface area contributed by atoms with E-state index in [-0.39, 0.29) is 12.3 Å². The van der Waals surface area contributed by atoms with E-state index in [0.717, 1.165) is 42.1 Å². The van der Waals surface area contributed by atoms with Gasteiger partial charge in [0.1, 0.15) is 0 Å². The molecular weight excluding hydrogens is 571 g/mol. The summed E-state index contributed by atoms with van der Waals surface area (Å²) in [4.78, 5) is 25.6. The fourth-order valence-electron chi connectivity index (χ4n) is 3.42. The van der Waals surface area contributed by atoms with Crippen LogP contribution in [0.25, 0.3) is 10.4 Å². The number of benzene rings is 1. The van der Waals surface area contributed by atoms with Gasteiger partial charge >= 0.3 is 5.97 Å². The summed E-state index contributed by atoms with van der Waals surface area (Å²) in [5, 5.41) is 24.8. The second-order valence-corrected chi connectivity index (χ2v) is 9.64. The summed E-state index contributed by atoms with van der Waals surface area (Å²) in [6.07, 6.45) is 20.7. The second kappa shape index (κ2) is 20.6. The first-order chi connectivity index (χ1) is 17.4. The minimum absolute atomic E-state index is 0.0861. The standard InChI is InChI=1S/C27H37IN4O4/c28-22-18-19-25(31-32-29)24(21-22)27(36)30-20-13-11-9-7-5-3-1-2-4-6-8-10-12-15-23(33)16-14-17-26(34)35/h2,4,8,10,12,15,18-19,21,23,33H,1,3,5-7,9,11,13-14,16-17,20H2,(H,30,36)(H,34,35)/b4-2-,10-8-,15-12+/t23-/m1/s1. The molecule has 0 spiro atoms. The molecule has 1 aromatic rings. The predicted molar refractivity (Wildman–Crippen MR) is 152 cm³/mol. The smallest absolute Gasteiger partial charge is 0.303 e. The molecule has 0 unspecified atom stereocenters. The molecule has 0 saturated carbocycles. The normalized spacial score (nSPS) is 12.3. The van der Waals surface area contributed by atoms with Crippen molar-refractivity contribution in [3.8, 4) is 0 Å². The first kappa shape index (κ1) is 31.4. The molecule has 1 rings (SSSR count). The minimum Gasteiger partial charge on any atom is -0.481 e. The number of rotatable bonds is 19. The molecule has 0 heterocycles. The SMILES string of the molecule is [N-]=[N+]=Nc1ccc(I)cc1C(=O)NCCCCCCCC/C=C\C/C=C\C=C\[C@@H](O)CCCC(=O)O. The van der Waals surface area contributed by atoms with Crippen molar-refractivity contribution >= 4 is 40.2 Å². The number of aliphatic hydroxyl groups is 1. The number of carboxylic acid groups (broad SMARTS) is 1. The van der Waals surface area contributed by atoms with Gasteiger partial charge in [0.05, 0.1) is 11.8 Å². The zero-order valence-corrected chi connectivity index (χ0v) is 22.8. The van der Waals surface area contributed by atoms with Crippen molar-refractivity contribution in [1.29, 1.82) is 0 Å². The van der Waals surface area contributed by atoms with Gasteiger partial charge in [-0.25, -0.2) is 0 Å². The van der Waals surface area contributed by atoms with Crippen LogP contribution in [0.3, 0.4) is 0 Å². The number of carboxylic acids is 1. The summed E-state index contributed by atoms with van der Waals surface area (Å²) < 4.78 is 0.914. The Morgan fingerprint density at radius 1 is 1.06 bits per heavy atom. The van der Waals surface area contributed by atoms with Gasteiger partial charge in [0.2, 0.25) is 0 Å². The number of aliphatic hydroxyl groups excluding tert-OH is 1. The van der Waals surface area contributed by atoms with Crippen LogP contribution in [0.1, 0.15) is 81.0 Å². The van der Waals surface area contributed by atoms with E-state index in [2.05, 4.69) is 50.1 Å². The molecule has 0 saturated heterocycles. The first-order valence-corrected chi connectivity index (χ1v) is 13.5. The number of aliphatic carboxylic acids is 1.